The van der Waals surface area contributed by atoms with Gasteiger partial charge >= 0.3 is 0 Å². The molecule has 6 heteroatoms. The Balaban J connectivity index is 1.10. The van der Waals surface area contributed by atoms with Crippen LogP contribution in [0.1, 0.15) is 77.0 Å². The zero-order valence-corrected chi connectivity index (χ0v) is 27.8. The fraction of sp³-hybridized carbons (Fsp3) is 0.450. The molecule has 0 bridgehead atoms. The van der Waals surface area contributed by atoms with E-state index < -0.39 is 0 Å². The Morgan fingerprint density at radius 1 is 0.500 bits per heavy atom. The second-order valence-electron chi connectivity index (χ2n) is 12.7. The highest BCUT2D eigenvalue weighted by molar-refractivity contribution is 5.54. The first-order valence-electron chi connectivity index (χ1n) is 17.8. The van der Waals surface area contributed by atoms with Crippen LogP contribution in [0.25, 0.3) is 0 Å². The van der Waals surface area contributed by atoms with Crippen molar-refractivity contribution in [1.29, 1.82) is 0 Å². The Labute approximate surface area is 277 Å². The first-order chi connectivity index (χ1) is 22.8. The van der Waals surface area contributed by atoms with Crippen LogP contribution in [-0.4, -0.2) is 26.2 Å². The fourth-order valence-electron chi connectivity index (χ4n) is 6.34. The van der Waals surface area contributed by atoms with Crippen LogP contribution in [0.15, 0.2) is 120 Å². The summed E-state index contributed by atoms with van der Waals surface area (Å²) in [7, 11) is 0. The van der Waals surface area contributed by atoms with Gasteiger partial charge in [-0.2, -0.15) is 10.2 Å². The minimum Gasteiger partial charge on any atom is -0.372 e. The predicted octanol–water partition coefficient (Wildman–Crippen LogP) is 9.39. The fourth-order valence-corrected chi connectivity index (χ4v) is 6.34. The average Bonchev–Trinajstić information content (AvgIpc) is 3.41. The summed E-state index contributed by atoms with van der Waals surface area (Å²) >= 11 is 0. The molecule has 4 aromatic rings. The van der Waals surface area contributed by atoms with E-state index in [1.165, 1.54) is 88.4 Å². The van der Waals surface area contributed by atoms with Gasteiger partial charge in [0, 0.05) is 74.7 Å². The van der Waals surface area contributed by atoms with Crippen molar-refractivity contribution in [2.75, 3.05) is 36.0 Å². The third-order valence-electron chi connectivity index (χ3n) is 9.06. The highest BCUT2D eigenvalue weighted by atomic mass is 15.1. The summed E-state index contributed by atoms with van der Waals surface area (Å²) < 4.78 is 4.57. The Morgan fingerprint density at radius 2 is 0.957 bits per heavy atom. The van der Waals surface area contributed by atoms with Gasteiger partial charge in [-0.3, -0.25) is 0 Å². The van der Waals surface area contributed by atoms with Gasteiger partial charge in [0.1, 0.15) is 13.1 Å². The third-order valence-corrected chi connectivity index (χ3v) is 9.06. The molecule has 5 rings (SSSR count). The monoisotopic (exact) mass is 618 g/mol. The van der Waals surface area contributed by atoms with Crippen molar-refractivity contribution >= 4 is 22.7 Å². The number of azo groups is 1. The number of nitrogens with zero attached hydrogens (tertiary/aromatic N) is 6. The molecule has 0 radical (unpaired) electrons. The summed E-state index contributed by atoms with van der Waals surface area (Å²) in [5, 5.41) is 9.11. The summed E-state index contributed by atoms with van der Waals surface area (Å²) in [5.41, 5.74) is 4.40. The van der Waals surface area contributed by atoms with E-state index in [2.05, 4.69) is 139 Å². The van der Waals surface area contributed by atoms with Crippen LogP contribution >= 0.6 is 0 Å². The minimum absolute atomic E-state index is 0.900. The summed E-state index contributed by atoms with van der Waals surface area (Å²) in [4.78, 5) is 5.09. The molecule has 1 aliphatic rings. The number of hydrogen-bond acceptors (Lipinski definition) is 4. The first kappa shape index (κ1) is 33.3. The first-order valence-corrected chi connectivity index (χ1v) is 17.8. The van der Waals surface area contributed by atoms with E-state index in [4.69, 9.17) is 0 Å². The Bertz CT molecular complexity index is 1330. The van der Waals surface area contributed by atoms with Gasteiger partial charge in [-0.15, -0.1) is 0 Å². The molecular formula is C40H54N6+2. The largest absolute Gasteiger partial charge is 0.372 e. The van der Waals surface area contributed by atoms with E-state index >= 15 is 0 Å². The Hall–Kier alpha value is -4.06. The standard InChI is InChI=1S/C40H54N6/c1(9-27-43-29-11-7-12-30-43)3-15-33-45(34-16-4-2-10-28-44-31-13-8-14-32-44)39-23-19-37(20-24-39)41-42-38-21-25-40(26-22-38)46-35-17-5-6-18-36-46/h7-8,11-14,19-26,29-32H,1-6,9-10,15-18,27-28,33-36H2/q+2. The molecule has 0 N–H and O–H groups in total. The molecule has 1 saturated heterocycles. The van der Waals surface area contributed by atoms with Gasteiger partial charge in [0.15, 0.2) is 24.8 Å². The van der Waals surface area contributed by atoms with Gasteiger partial charge in [-0.05, 0) is 87.1 Å². The zero-order chi connectivity index (χ0) is 31.5. The van der Waals surface area contributed by atoms with Gasteiger partial charge in [0.25, 0.3) is 0 Å². The SMILES string of the molecule is c1cc[n+](CCCCCCN(CCCCCC[n+]2ccccc2)c2ccc(N=Nc3ccc(N4CCCCCC4)cc3)cc2)cc1. The van der Waals surface area contributed by atoms with Crippen LogP contribution in [0.5, 0.6) is 0 Å². The number of pyridine rings is 2. The van der Waals surface area contributed by atoms with Gasteiger partial charge in [0.05, 0.1) is 11.4 Å². The molecule has 1 aliphatic heterocycles. The normalized spacial score (nSPS) is 13.6. The van der Waals surface area contributed by atoms with Crippen molar-refractivity contribution in [2.24, 2.45) is 10.2 Å². The second-order valence-corrected chi connectivity index (χ2v) is 12.7. The number of unbranched alkanes of at least 4 members (excludes halogenated alkanes) is 6. The molecule has 3 heterocycles. The van der Waals surface area contributed by atoms with Crippen molar-refractivity contribution < 1.29 is 9.13 Å². The lowest BCUT2D eigenvalue weighted by Gasteiger charge is -2.25. The highest BCUT2D eigenvalue weighted by Gasteiger charge is 2.10. The highest BCUT2D eigenvalue weighted by Crippen LogP contribution is 2.26. The summed E-state index contributed by atoms with van der Waals surface area (Å²) in [5.74, 6) is 0. The lowest BCUT2D eigenvalue weighted by Crippen LogP contribution is -2.32. The third kappa shape index (κ3) is 11.7. The molecule has 0 amide bonds. The Kier molecular flexibility index (Phi) is 14.1. The van der Waals surface area contributed by atoms with Crippen molar-refractivity contribution in [3.05, 3.63) is 110 Å². The van der Waals surface area contributed by atoms with Crippen LogP contribution < -0.4 is 18.9 Å². The quantitative estimate of drug-likeness (QED) is 0.0633. The second kappa shape index (κ2) is 19.5. The summed E-state index contributed by atoms with van der Waals surface area (Å²) in [6.07, 6.45) is 23.9. The van der Waals surface area contributed by atoms with E-state index in [0.717, 1.165) is 50.6 Å². The zero-order valence-electron chi connectivity index (χ0n) is 27.8. The van der Waals surface area contributed by atoms with Crippen LogP contribution in [0.3, 0.4) is 0 Å². The number of anilines is 2. The van der Waals surface area contributed by atoms with Crippen molar-refractivity contribution in [2.45, 2.75) is 90.1 Å². The van der Waals surface area contributed by atoms with E-state index in [0.29, 0.717) is 0 Å². The predicted molar refractivity (Wildman–Crippen MR) is 190 cm³/mol. The molecule has 0 saturated carbocycles. The molecule has 2 aromatic carbocycles. The minimum atomic E-state index is 0.900. The molecule has 1 fully saturated rings. The number of benzene rings is 2. The summed E-state index contributed by atoms with van der Waals surface area (Å²) in [6.45, 7) is 6.72. The average molecular weight is 619 g/mol. The van der Waals surface area contributed by atoms with Gasteiger partial charge < -0.3 is 9.80 Å². The van der Waals surface area contributed by atoms with Gasteiger partial charge in [0.2, 0.25) is 0 Å². The molecule has 0 aliphatic carbocycles. The number of rotatable bonds is 18. The molecule has 242 valence electrons. The smallest absolute Gasteiger partial charge is 0.168 e. The van der Waals surface area contributed by atoms with Crippen LogP contribution in [0.2, 0.25) is 0 Å². The van der Waals surface area contributed by atoms with E-state index in [1.807, 2.05) is 0 Å². The molecule has 0 unspecified atom stereocenters. The number of hydrogen-bond donors (Lipinski definition) is 0. The maximum Gasteiger partial charge on any atom is 0.168 e. The van der Waals surface area contributed by atoms with Crippen LogP contribution in [0.4, 0.5) is 22.7 Å². The molecule has 46 heavy (non-hydrogen) atoms. The molecule has 0 atom stereocenters. The maximum absolute atomic E-state index is 4.56. The number of aryl methyl sites for hydroxylation is 2. The van der Waals surface area contributed by atoms with E-state index in [1.54, 1.807) is 0 Å². The number of aromatic nitrogens is 2. The van der Waals surface area contributed by atoms with E-state index in [-0.39, 0.29) is 0 Å². The van der Waals surface area contributed by atoms with Crippen LogP contribution in [0, 0.1) is 0 Å². The topological polar surface area (TPSA) is 39.0 Å². The lowest BCUT2D eigenvalue weighted by molar-refractivity contribution is -0.697. The lowest BCUT2D eigenvalue weighted by atomic mass is 10.1. The van der Waals surface area contributed by atoms with Gasteiger partial charge in [-0.1, -0.05) is 37.8 Å². The molecular weight excluding hydrogens is 564 g/mol. The van der Waals surface area contributed by atoms with Crippen LogP contribution in [-0.2, 0) is 13.1 Å². The molecule has 6 nitrogen and oxygen atoms in total. The Morgan fingerprint density at radius 3 is 1.46 bits per heavy atom. The van der Waals surface area contributed by atoms with Gasteiger partial charge in [-0.25, -0.2) is 9.13 Å². The van der Waals surface area contributed by atoms with Crippen molar-refractivity contribution in [3.8, 4) is 0 Å². The molecule has 2 aromatic heterocycles. The van der Waals surface area contributed by atoms with Crippen molar-refractivity contribution in [3.63, 3.8) is 0 Å². The summed E-state index contributed by atoms with van der Waals surface area (Å²) in [6, 6.07) is 29.9. The molecule has 0 spiro atoms. The van der Waals surface area contributed by atoms with Crippen molar-refractivity contribution in [1.82, 2.24) is 0 Å². The van der Waals surface area contributed by atoms with E-state index in [9.17, 15) is 0 Å². The maximum atomic E-state index is 4.56.